The molecule has 14 heavy (non-hydrogen) atoms. The van der Waals surface area contributed by atoms with E-state index in [1.54, 1.807) is 6.20 Å². The van der Waals surface area contributed by atoms with Gasteiger partial charge in [0.15, 0.2) is 5.13 Å². The normalized spacial score (nSPS) is 12.9. The number of rotatable bonds is 4. The van der Waals surface area contributed by atoms with Gasteiger partial charge in [-0.25, -0.2) is 4.98 Å². The Hall–Kier alpha value is -0.940. The molecule has 0 bridgehead atoms. The van der Waals surface area contributed by atoms with Crippen LogP contribution in [-0.4, -0.2) is 16.9 Å². The fourth-order valence-corrected chi connectivity index (χ4v) is 1.63. The lowest BCUT2D eigenvalue weighted by Gasteiger charge is -2.12. The number of thiazole rings is 1. The number of hydrogen-bond acceptors (Lipinski definition) is 4. The van der Waals surface area contributed by atoms with Gasteiger partial charge in [0.1, 0.15) is 0 Å². The van der Waals surface area contributed by atoms with Crippen molar-refractivity contribution in [1.82, 2.24) is 4.98 Å². The minimum absolute atomic E-state index is 0.159. The highest BCUT2D eigenvalue weighted by atomic mass is 32.1. The Kier molecular flexibility index (Phi) is 4.03. The highest BCUT2D eigenvalue weighted by Crippen LogP contribution is 2.11. The summed E-state index contributed by atoms with van der Waals surface area (Å²) in [5.74, 6) is 0.265. The van der Waals surface area contributed by atoms with Gasteiger partial charge >= 0.3 is 0 Å². The molecule has 0 aliphatic carbocycles. The summed E-state index contributed by atoms with van der Waals surface area (Å²) < 4.78 is 0. The monoisotopic (exact) mass is 213 g/mol. The Morgan fingerprint density at radius 2 is 2.43 bits per heavy atom. The third kappa shape index (κ3) is 3.43. The first kappa shape index (κ1) is 11.1. The van der Waals surface area contributed by atoms with Gasteiger partial charge in [-0.2, -0.15) is 0 Å². The minimum atomic E-state index is -0.445. The number of amides is 1. The zero-order valence-corrected chi connectivity index (χ0v) is 9.17. The lowest BCUT2D eigenvalue weighted by atomic mass is 10.0. The number of aromatic nitrogens is 1. The molecule has 0 spiro atoms. The number of nitrogens with zero attached hydrogens (tertiary/aromatic N) is 1. The molecule has 4 nitrogen and oxygen atoms in total. The number of carbonyl (C=O) groups excluding carboxylic acids is 1. The summed E-state index contributed by atoms with van der Waals surface area (Å²) in [6.45, 7) is 4.08. The summed E-state index contributed by atoms with van der Waals surface area (Å²) in [4.78, 5) is 15.4. The summed E-state index contributed by atoms with van der Waals surface area (Å²) in [5, 5.41) is 5.09. The average molecular weight is 213 g/mol. The molecular weight excluding hydrogens is 198 g/mol. The van der Waals surface area contributed by atoms with Gasteiger partial charge in [0.25, 0.3) is 0 Å². The molecule has 0 unspecified atom stereocenters. The first-order valence-electron chi connectivity index (χ1n) is 4.55. The maximum atomic E-state index is 11.5. The van der Waals surface area contributed by atoms with Crippen LogP contribution in [0.15, 0.2) is 11.6 Å². The third-order valence-corrected chi connectivity index (χ3v) is 2.41. The van der Waals surface area contributed by atoms with Crippen molar-refractivity contribution in [2.24, 2.45) is 11.7 Å². The average Bonchev–Trinajstić information content (AvgIpc) is 2.55. The van der Waals surface area contributed by atoms with Crippen LogP contribution in [0, 0.1) is 5.92 Å². The second kappa shape index (κ2) is 5.07. The first-order chi connectivity index (χ1) is 6.59. The van der Waals surface area contributed by atoms with Gasteiger partial charge < -0.3 is 11.1 Å². The second-order valence-corrected chi connectivity index (χ2v) is 4.46. The lowest BCUT2D eigenvalue weighted by Crippen LogP contribution is -2.36. The van der Waals surface area contributed by atoms with Crippen LogP contribution in [0.2, 0.25) is 0 Å². The van der Waals surface area contributed by atoms with Crippen molar-refractivity contribution in [3.8, 4) is 0 Å². The van der Waals surface area contributed by atoms with Crippen LogP contribution < -0.4 is 11.1 Å². The van der Waals surface area contributed by atoms with Gasteiger partial charge in [-0.3, -0.25) is 4.79 Å². The maximum Gasteiger partial charge on any atom is 0.243 e. The molecule has 0 aliphatic rings. The van der Waals surface area contributed by atoms with Crippen molar-refractivity contribution in [2.45, 2.75) is 26.3 Å². The Morgan fingerprint density at radius 3 is 2.93 bits per heavy atom. The topological polar surface area (TPSA) is 68.0 Å². The van der Waals surface area contributed by atoms with E-state index in [1.165, 1.54) is 11.3 Å². The third-order valence-electron chi connectivity index (χ3n) is 1.72. The first-order valence-corrected chi connectivity index (χ1v) is 5.43. The number of nitrogens with one attached hydrogen (secondary N) is 1. The fourth-order valence-electron chi connectivity index (χ4n) is 1.10. The Bertz CT molecular complexity index is 284. The molecule has 5 heteroatoms. The summed E-state index contributed by atoms with van der Waals surface area (Å²) in [6, 6.07) is -0.445. The molecule has 1 rings (SSSR count). The minimum Gasteiger partial charge on any atom is -0.320 e. The van der Waals surface area contributed by atoms with Crippen LogP contribution in [0.3, 0.4) is 0 Å². The molecule has 0 aliphatic heterocycles. The van der Waals surface area contributed by atoms with Crippen molar-refractivity contribution in [3.05, 3.63) is 11.6 Å². The Labute approximate surface area is 87.5 Å². The summed E-state index contributed by atoms with van der Waals surface area (Å²) >= 11 is 1.39. The van der Waals surface area contributed by atoms with E-state index in [-0.39, 0.29) is 5.91 Å². The fraction of sp³-hybridized carbons (Fsp3) is 0.556. The van der Waals surface area contributed by atoms with Crippen molar-refractivity contribution >= 4 is 22.4 Å². The molecule has 0 saturated heterocycles. The second-order valence-electron chi connectivity index (χ2n) is 3.56. The SMILES string of the molecule is CC(C)C[C@@H](N)C(=O)Nc1nccs1. The predicted octanol–water partition coefficient (Wildman–Crippen LogP) is 1.45. The lowest BCUT2D eigenvalue weighted by molar-refractivity contribution is -0.117. The van der Waals surface area contributed by atoms with E-state index in [0.717, 1.165) is 0 Å². The summed E-state index contributed by atoms with van der Waals surface area (Å²) in [7, 11) is 0. The summed E-state index contributed by atoms with van der Waals surface area (Å²) in [5.41, 5.74) is 5.70. The molecule has 1 aromatic rings. The quantitative estimate of drug-likeness (QED) is 0.795. The van der Waals surface area contributed by atoms with Crippen molar-refractivity contribution < 1.29 is 4.79 Å². The maximum absolute atomic E-state index is 11.5. The van der Waals surface area contributed by atoms with Crippen LogP contribution >= 0.6 is 11.3 Å². The van der Waals surface area contributed by atoms with Crippen LogP contribution in [0.5, 0.6) is 0 Å². The molecular formula is C9H15N3OS. The van der Waals surface area contributed by atoms with E-state index in [0.29, 0.717) is 17.5 Å². The van der Waals surface area contributed by atoms with Gasteiger partial charge in [-0.15, -0.1) is 11.3 Å². The van der Waals surface area contributed by atoms with Crippen molar-refractivity contribution in [3.63, 3.8) is 0 Å². The number of hydrogen-bond donors (Lipinski definition) is 2. The predicted molar refractivity (Wildman–Crippen MR) is 58.2 cm³/mol. The van der Waals surface area contributed by atoms with Crippen LogP contribution in [-0.2, 0) is 4.79 Å². The van der Waals surface area contributed by atoms with Gasteiger partial charge in [-0.05, 0) is 12.3 Å². The van der Waals surface area contributed by atoms with Gasteiger partial charge in [0.2, 0.25) is 5.91 Å². The van der Waals surface area contributed by atoms with E-state index < -0.39 is 6.04 Å². The molecule has 1 amide bonds. The standard InChI is InChI=1S/C9H15N3OS/c1-6(2)5-7(10)8(13)12-9-11-3-4-14-9/h3-4,6-7H,5,10H2,1-2H3,(H,11,12,13)/t7-/m1/s1. The molecule has 0 saturated carbocycles. The van der Waals surface area contributed by atoms with Gasteiger partial charge in [0, 0.05) is 11.6 Å². The summed E-state index contributed by atoms with van der Waals surface area (Å²) in [6.07, 6.45) is 2.34. The highest BCUT2D eigenvalue weighted by molar-refractivity contribution is 7.13. The molecule has 1 heterocycles. The van der Waals surface area contributed by atoms with Crippen molar-refractivity contribution in [2.75, 3.05) is 5.32 Å². The number of nitrogens with two attached hydrogens (primary N) is 1. The molecule has 1 aromatic heterocycles. The number of anilines is 1. The molecule has 3 N–H and O–H groups in total. The zero-order valence-electron chi connectivity index (χ0n) is 8.36. The Balaban J connectivity index is 2.42. The van der Waals surface area contributed by atoms with E-state index in [9.17, 15) is 4.79 Å². The smallest absolute Gasteiger partial charge is 0.243 e. The molecule has 0 fully saturated rings. The van der Waals surface area contributed by atoms with Gasteiger partial charge in [0.05, 0.1) is 6.04 Å². The molecule has 1 atom stereocenters. The van der Waals surface area contributed by atoms with E-state index in [2.05, 4.69) is 10.3 Å². The number of carbonyl (C=O) groups is 1. The molecule has 78 valence electrons. The van der Waals surface area contributed by atoms with Crippen LogP contribution in [0.1, 0.15) is 20.3 Å². The van der Waals surface area contributed by atoms with Crippen molar-refractivity contribution in [1.29, 1.82) is 0 Å². The largest absolute Gasteiger partial charge is 0.320 e. The Morgan fingerprint density at radius 1 is 1.71 bits per heavy atom. The van der Waals surface area contributed by atoms with E-state index in [1.807, 2.05) is 19.2 Å². The van der Waals surface area contributed by atoms with Crippen LogP contribution in [0.25, 0.3) is 0 Å². The van der Waals surface area contributed by atoms with Gasteiger partial charge in [-0.1, -0.05) is 13.8 Å². The van der Waals surface area contributed by atoms with E-state index >= 15 is 0 Å². The van der Waals surface area contributed by atoms with E-state index in [4.69, 9.17) is 5.73 Å². The van der Waals surface area contributed by atoms with Crippen LogP contribution in [0.4, 0.5) is 5.13 Å². The molecule has 0 aromatic carbocycles. The molecule has 0 radical (unpaired) electrons. The zero-order chi connectivity index (χ0) is 10.6. The highest BCUT2D eigenvalue weighted by Gasteiger charge is 2.15.